The molecule has 0 fully saturated rings. The van der Waals surface area contributed by atoms with Gasteiger partial charge in [-0.15, -0.1) is 0 Å². The van der Waals surface area contributed by atoms with E-state index < -0.39 is 6.10 Å². The van der Waals surface area contributed by atoms with Crippen LogP contribution in [0.25, 0.3) is 0 Å². The fraction of sp³-hybridized carbons (Fsp3) is 0.381. The van der Waals surface area contributed by atoms with E-state index in [9.17, 15) is 4.79 Å². The molecule has 0 aromatic heterocycles. The first-order chi connectivity index (χ1) is 11.6. The lowest BCUT2D eigenvalue weighted by molar-refractivity contribution is -0.127. The summed E-state index contributed by atoms with van der Waals surface area (Å²) >= 11 is 0. The topological polar surface area (TPSA) is 38.3 Å². The SMILES string of the molecule is C[C@@H](Oc1ccccc1)C(=O)N[C@H](C)c1ccc2c(c1)CCCC2. The summed E-state index contributed by atoms with van der Waals surface area (Å²) < 4.78 is 5.69. The van der Waals surface area contributed by atoms with Crippen molar-refractivity contribution < 1.29 is 9.53 Å². The highest BCUT2D eigenvalue weighted by atomic mass is 16.5. The lowest BCUT2D eigenvalue weighted by atomic mass is 9.89. The van der Waals surface area contributed by atoms with Crippen LogP contribution in [0.3, 0.4) is 0 Å². The minimum atomic E-state index is -0.521. The Labute approximate surface area is 144 Å². The second-order valence-electron chi connectivity index (χ2n) is 6.54. The molecule has 0 heterocycles. The van der Waals surface area contributed by atoms with Crippen molar-refractivity contribution in [1.82, 2.24) is 5.32 Å². The average Bonchev–Trinajstić information content (AvgIpc) is 2.62. The quantitative estimate of drug-likeness (QED) is 0.895. The van der Waals surface area contributed by atoms with Gasteiger partial charge in [0.05, 0.1) is 6.04 Å². The van der Waals surface area contributed by atoms with Crippen LogP contribution >= 0.6 is 0 Å². The van der Waals surface area contributed by atoms with Crippen molar-refractivity contribution in [2.75, 3.05) is 0 Å². The van der Waals surface area contributed by atoms with Gasteiger partial charge >= 0.3 is 0 Å². The Balaban J connectivity index is 1.61. The standard InChI is InChI=1S/C21H25NO2/c1-15(18-13-12-17-8-6-7-9-19(17)14-18)22-21(23)16(2)24-20-10-4-3-5-11-20/h3-5,10-16H,6-9H2,1-2H3,(H,22,23)/t15-,16-/m1/s1. The summed E-state index contributed by atoms with van der Waals surface area (Å²) in [5, 5.41) is 3.06. The number of benzene rings is 2. The molecule has 3 heteroatoms. The van der Waals surface area contributed by atoms with Crippen molar-refractivity contribution in [1.29, 1.82) is 0 Å². The second-order valence-corrected chi connectivity index (χ2v) is 6.54. The Morgan fingerprint density at radius 2 is 1.71 bits per heavy atom. The van der Waals surface area contributed by atoms with E-state index in [1.807, 2.05) is 37.3 Å². The van der Waals surface area contributed by atoms with Crippen LogP contribution in [-0.4, -0.2) is 12.0 Å². The first-order valence-electron chi connectivity index (χ1n) is 8.77. The van der Waals surface area contributed by atoms with E-state index in [2.05, 4.69) is 23.5 Å². The normalized spacial score (nSPS) is 15.9. The predicted octanol–water partition coefficient (Wildman–Crippen LogP) is 4.21. The van der Waals surface area contributed by atoms with E-state index in [4.69, 9.17) is 4.74 Å². The third kappa shape index (κ3) is 3.97. The van der Waals surface area contributed by atoms with Crippen molar-refractivity contribution in [3.8, 4) is 5.75 Å². The Morgan fingerprint density at radius 1 is 1.00 bits per heavy atom. The van der Waals surface area contributed by atoms with Crippen LogP contribution in [0, 0.1) is 0 Å². The first kappa shape index (κ1) is 16.6. The number of ether oxygens (including phenoxy) is 1. The molecule has 2 aromatic carbocycles. The maximum absolute atomic E-state index is 12.4. The second kappa shape index (κ2) is 7.52. The smallest absolute Gasteiger partial charge is 0.261 e. The number of carbonyl (C=O) groups is 1. The van der Waals surface area contributed by atoms with Crippen molar-refractivity contribution in [2.45, 2.75) is 51.7 Å². The fourth-order valence-corrected chi connectivity index (χ4v) is 3.19. The molecule has 0 aliphatic heterocycles. The Morgan fingerprint density at radius 3 is 2.46 bits per heavy atom. The summed E-state index contributed by atoms with van der Waals surface area (Å²) in [6.07, 6.45) is 4.36. The number of hydrogen-bond donors (Lipinski definition) is 1. The maximum Gasteiger partial charge on any atom is 0.261 e. The fourth-order valence-electron chi connectivity index (χ4n) is 3.19. The van der Waals surface area contributed by atoms with Crippen molar-refractivity contribution >= 4 is 5.91 Å². The summed E-state index contributed by atoms with van der Waals surface area (Å²) in [6.45, 7) is 3.81. The molecule has 24 heavy (non-hydrogen) atoms. The molecule has 2 aromatic rings. The van der Waals surface area contributed by atoms with E-state index in [0.717, 1.165) is 12.0 Å². The van der Waals surface area contributed by atoms with Crippen LogP contribution in [0.5, 0.6) is 5.75 Å². The molecule has 1 aliphatic carbocycles. The molecule has 2 atom stereocenters. The Bertz CT molecular complexity index is 696. The molecule has 0 radical (unpaired) electrons. The van der Waals surface area contributed by atoms with Gasteiger partial charge in [0.25, 0.3) is 5.91 Å². The summed E-state index contributed by atoms with van der Waals surface area (Å²) in [4.78, 5) is 12.4. The van der Waals surface area contributed by atoms with Crippen molar-refractivity contribution in [3.05, 3.63) is 65.2 Å². The number of fused-ring (bicyclic) bond motifs is 1. The Hall–Kier alpha value is -2.29. The number of amides is 1. The first-order valence-corrected chi connectivity index (χ1v) is 8.77. The highest BCUT2D eigenvalue weighted by Gasteiger charge is 2.19. The summed E-state index contributed by atoms with van der Waals surface area (Å²) in [5.74, 6) is 0.616. The lowest BCUT2D eigenvalue weighted by Gasteiger charge is -2.21. The van der Waals surface area contributed by atoms with Crippen LogP contribution in [-0.2, 0) is 17.6 Å². The average molecular weight is 323 g/mol. The number of hydrogen-bond acceptors (Lipinski definition) is 2. The van der Waals surface area contributed by atoms with Gasteiger partial charge in [0.1, 0.15) is 5.75 Å². The molecular weight excluding hydrogens is 298 g/mol. The van der Waals surface area contributed by atoms with E-state index >= 15 is 0 Å². The van der Waals surface area contributed by atoms with Gasteiger partial charge in [-0.1, -0.05) is 36.4 Å². The van der Waals surface area contributed by atoms with Gasteiger partial charge < -0.3 is 10.1 Å². The lowest BCUT2D eigenvalue weighted by Crippen LogP contribution is -2.37. The number of carbonyl (C=O) groups excluding carboxylic acids is 1. The number of rotatable bonds is 5. The van der Waals surface area contributed by atoms with Gasteiger partial charge in [-0.3, -0.25) is 4.79 Å². The molecule has 1 aliphatic rings. The van der Waals surface area contributed by atoms with Gasteiger partial charge in [0.2, 0.25) is 0 Å². The third-order valence-electron chi connectivity index (χ3n) is 4.66. The van der Waals surface area contributed by atoms with Crippen molar-refractivity contribution in [2.24, 2.45) is 0 Å². The molecule has 1 amide bonds. The van der Waals surface area contributed by atoms with Crippen LogP contribution < -0.4 is 10.1 Å². The van der Waals surface area contributed by atoms with Crippen LogP contribution in [0.15, 0.2) is 48.5 Å². The van der Waals surface area contributed by atoms with E-state index in [1.165, 1.54) is 30.4 Å². The Kier molecular flexibility index (Phi) is 5.19. The van der Waals surface area contributed by atoms with Crippen molar-refractivity contribution in [3.63, 3.8) is 0 Å². The van der Waals surface area contributed by atoms with Crippen LogP contribution in [0.2, 0.25) is 0 Å². The highest BCUT2D eigenvalue weighted by Crippen LogP contribution is 2.25. The van der Waals surface area contributed by atoms with Crippen LogP contribution in [0.4, 0.5) is 0 Å². The van der Waals surface area contributed by atoms with E-state index in [0.29, 0.717) is 5.75 Å². The summed E-state index contributed by atoms with van der Waals surface area (Å²) in [6, 6.07) is 16.0. The number of para-hydroxylation sites is 1. The van der Waals surface area contributed by atoms with Crippen LogP contribution in [0.1, 0.15) is 49.4 Å². The number of nitrogens with one attached hydrogen (secondary N) is 1. The summed E-state index contributed by atoms with van der Waals surface area (Å²) in [5.41, 5.74) is 4.06. The zero-order chi connectivity index (χ0) is 16.9. The molecule has 0 spiro atoms. The number of aryl methyl sites for hydroxylation is 2. The van der Waals surface area contributed by atoms with E-state index in [-0.39, 0.29) is 11.9 Å². The largest absolute Gasteiger partial charge is 0.481 e. The molecule has 3 nitrogen and oxygen atoms in total. The monoisotopic (exact) mass is 323 g/mol. The zero-order valence-corrected chi connectivity index (χ0v) is 14.4. The van der Waals surface area contributed by atoms with E-state index in [1.54, 1.807) is 6.92 Å². The summed E-state index contributed by atoms with van der Waals surface area (Å²) in [7, 11) is 0. The maximum atomic E-state index is 12.4. The third-order valence-corrected chi connectivity index (χ3v) is 4.66. The molecule has 0 saturated heterocycles. The molecule has 3 rings (SSSR count). The molecular formula is C21H25NO2. The van der Waals surface area contributed by atoms with Gasteiger partial charge in [0.15, 0.2) is 6.10 Å². The molecule has 1 N–H and O–H groups in total. The molecule has 0 saturated carbocycles. The predicted molar refractivity (Wildman–Crippen MR) is 96.2 cm³/mol. The van der Waals surface area contributed by atoms with Gasteiger partial charge in [-0.05, 0) is 68.4 Å². The minimum absolute atomic E-state index is 0.0217. The minimum Gasteiger partial charge on any atom is -0.481 e. The molecule has 0 unspecified atom stereocenters. The molecule has 0 bridgehead atoms. The molecule has 126 valence electrons. The highest BCUT2D eigenvalue weighted by molar-refractivity contribution is 5.81. The van der Waals surface area contributed by atoms with Gasteiger partial charge in [-0.25, -0.2) is 0 Å². The van der Waals surface area contributed by atoms with Gasteiger partial charge in [-0.2, -0.15) is 0 Å². The zero-order valence-electron chi connectivity index (χ0n) is 14.4. The van der Waals surface area contributed by atoms with Gasteiger partial charge in [0, 0.05) is 0 Å².